The van der Waals surface area contributed by atoms with Crippen molar-refractivity contribution in [3.05, 3.63) is 40.3 Å². The van der Waals surface area contributed by atoms with E-state index < -0.39 is 10.0 Å². The normalized spacial score (nSPS) is 23.5. The molecule has 1 aliphatic carbocycles. The van der Waals surface area contributed by atoms with Gasteiger partial charge in [0.15, 0.2) is 0 Å². The third-order valence-electron chi connectivity index (χ3n) is 3.66. The van der Waals surface area contributed by atoms with Gasteiger partial charge in [-0.2, -0.15) is 0 Å². The Balaban J connectivity index is 1.91. The van der Waals surface area contributed by atoms with Crippen LogP contribution in [0.5, 0.6) is 0 Å². The summed E-state index contributed by atoms with van der Waals surface area (Å²) in [4.78, 5) is 0. The van der Waals surface area contributed by atoms with Gasteiger partial charge in [-0.25, -0.2) is 13.1 Å². The molecule has 0 aromatic heterocycles. The van der Waals surface area contributed by atoms with E-state index in [2.05, 4.69) is 4.72 Å². The van der Waals surface area contributed by atoms with Crippen molar-refractivity contribution in [1.29, 1.82) is 0 Å². The molecule has 1 aromatic rings. The highest BCUT2D eigenvalue weighted by Gasteiger charge is 2.21. The van der Waals surface area contributed by atoms with Crippen LogP contribution in [-0.2, 0) is 10.0 Å². The van der Waals surface area contributed by atoms with Crippen LogP contribution in [0.2, 0.25) is 5.02 Å². The lowest BCUT2D eigenvalue weighted by Crippen LogP contribution is -2.31. The van der Waals surface area contributed by atoms with E-state index in [0.717, 1.165) is 24.7 Å². The summed E-state index contributed by atoms with van der Waals surface area (Å²) >= 11 is 5.97. The SMILES string of the molecule is O=S(=O)(/C=C/c1ccccc1Cl)NCC1CCCC(O)C1. The lowest BCUT2D eigenvalue weighted by atomic mass is 9.87. The van der Waals surface area contributed by atoms with Crippen molar-refractivity contribution in [3.63, 3.8) is 0 Å². The molecule has 21 heavy (non-hydrogen) atoms. The Bertz CT molecular complexity index is 601. The number of nitrogens with one attached hydrogen (secondary N) is 1. The Morgan fingerprint density at radius 1 is 1.33 bits per heavy atom. The van der Waals surface area contributed by atoms with Crippen LogP contribution in [0.1, 0.15) is 31.2 Å². The first kappa shape index (κ1) is 16.5. The fourth-order valence-corrected chi connectivity index (χ4v) is 3.59. The number of rotatable bonds is 5. The summed E-state index contributed by atoms with van der Waals surface area (Å²) in [6.45, 7) is 0.367. The van der Waals surface area contributed by atoms with Gasteiger partial charge >= 0.3 is 0 Å². The van der Waals surface area contributed by atoms with Crippen molar-refractivity contribution >= 4 is 27.7 Å². The molecule has 0 bridgehead atoms. The fraction of sp³-hybridized carbons (Fsp3) is 0.467. The molecule has 6 heteroatoms. The summed E-state index contributed by atoms with van der Waals surface area (Å²) in [6.07, 6.45) is 4.57. The van der Waals surface area contributed by atoms with Crippen LogP contribution in [0.25, 0.3) is 6.08 Å². The number of aliphatic hydroxyl groups is 1. The van der Waals surface area contributed by atoms with Crippen LogP contribution in [0.4, 0.5) is 0 Å². The van der Waals surface area contributed by atoms with Crippen LogP contribution in [-0.4, -0.2) is 26.2 Å². The largest absolute Gasteiger partial charge is 0.393 e. The van der Waals surface area contributed by atoms with Crippen LogP contribution in [0, 0.1) is 5.92 Å². The van der Waals surface area contributed by atoms with Crippen LogP contribution >= 0.6 is 11.6 Å². The van der Waals surface area contributed by atoms with Crippen LogP contribution in [0.15, 0.2) is 29.7 Å². The third kappa shape index (κ3) is 5.43. The van der Waals surface area contributed by atoms with Crippen LogP contribution < -0.4 is 4.72 Å². The second-order valence-electron chi connectivity index (χ2n) is 5.40. The van der Waals surface area contributed by atoms with Crippen molar-refractivity contribution in [2.45, 2.75) is 31.8 Å². The number of benzene rings is 1. The first-order valence-electron chi connectivity index (χ1n) is 7.06. The van der Waals surface area contributed by atoms with Gasteiger partial charge in [-0.1, -0.05) is 36.2 Å². The number of aliphatic hydroxyl groups excluding tert-OH is 1. The van der Waals surface area contributed by atoms with Gasteiger partial charge in [-0.15, -0.1) is 0 Å². The monoisotopic (exact) mass is 329 g/mol. The summed E-state index contributed by atoms with van der Waals surface area (Å²) in [7, 11) is -3.48. The molecule has 4 nitrogen and oxygen atoms in total. The number of halogens is 1. The second-order valence-corrected chi connectivity index (χ2v) is 7.46. The third-order valence-corrected chi connectivity index (χ3v) is 5.07. The lowest BCUT2D eigenvalue weighted by molar-refractivity contribution is 0.102. The van der Waals surface area contributed by atoms with E-state index in [4.69, 9.17) is 11.6 Å². The van der Waals surface area contributed by atoms with Gasteiger partial charge < -0.3 is 5.11 Å². The van der Waals surface area contributed by atoms with E-state index >= 15 is 0 Å². The topological polar surface area (TPSA) is 66.4 Å². The van der Waals surface area contributed by atoms with Crippen molar-refractivity contribution in [3.8, 4) is 0 Å². The highest BCUT2D eigenvalue weighted by molar-refractivity contribution is 7.92. The molecule has 0 aliphatic heterocycles. The van der Waals surface area contributed by atoms with Gasteiger partial charge in [0.2, 0.25) is 10.0 Å². The van der Waals surface area contributed by atoms with E-state index in [1.54, 1.807) is 24.3 Å². The van der Waals surface area contributed by atoms with E-state index in [1.165, 1.54) is 6.08 Å². The molecule has 0 spiro atoms. The average Bonchev–Trinajstić information content (AvgIpc) is 2.45. The highest BCUT2D eigenvalue weighted by Crippen LogP contribution is 2.23. The molecule has 2 N–H and O–H groups in total. The van der Waals surface area contributed by atoms with Gasteiger partial charge in [0.1, 0.15) is 0 Å². The molecule has 0 radical (unpaired) electrons. The Morgan fingerprint density at radius 3 is 2.81 bits per heavy atom. The average molecular weight is 330 g/mol. The summed E-state index contributed by atoms with van der Waals surface area (Å²) in [6, 6.07) is 7.06. The molecule has 1 aromatic carbocycles. The summed E-state index contributed by atoms with van der Waals surface area (Å²) in [5, 5.41) is 11.2. The van der Waals surface area contributed by atoms with Gasteiger partial charge in [-0.05, 0) is 42.9 Å². The first-order chi connectivity index (χ1) is 9.96. The molecule has 1 saturated carbocycles. The predicted octanol–water partition coefficient (Wildman–Crippen LogP) is 2.78. The Hall–Kier alpha value is -0.880. The number of hydrogen-bond acceptors (Lipinski definition) is 3. The van der Waals surface area contributed by atoms with Crippen molar-refractivity contribution in [1.82, 2.24) is 4.72 Å². The van der Waals surface area contributed by atoms with E-state index in [-0.39, 0.29) is 12.0 Å². The minimum Gasteiger partial charge on any atom is -0.393 e. The minimum absolute atomic E-state index is 0.206. The van der Waals surface area contributed by atoms with Gasteiger partial charge in [0.25, 0.3) is 0 Å². The number of sulfonamides is 1. The standard InChI is InChI=1S/C15H20ClNO3S/c16-15-7-2-1-5-13(15)8-9-21(19,20)17-11-12-4-3-6-14(18)10-12/h1-2,5,7-9,12,14,17-18H,3-4,6,10-11H2/b9-8+. The van der Waals surface area contributed by atoms with Crippen molar-refractivity contribution < 1.29 is 13.5 Å². The van der Waals surface area contributed by atoms with E-state index in [1.807, 2.05) is 0 Å². The maximum atomic E-state index is 11.9. The van der Waals surface area contributed by atoms with E-state index in [9.17, 15) is 13.5 Å². The maximum Gasteiger partial charge on any atom is 0.233 e. The minimum atomic E-state index is -3.48. The maximum absolute atomic E-state index is 11.9. The van der Waals surface area contributed by atoms with Crippen molar-refractivity contribution in [2.75, 3.05) is 6.54 Å². The van der Waals surface area contributed by atoms with Gasteiger partial charge in [0.05, 0.1) is 6.10 Å². The predicted molar refractivity (Wildman–Crippen MR) is 85.4 cm³/mol. The molecule has 1 aliphatic rings. The Kier molecular flexibility index (Phi) is 5.81. The smallest absolute Gasteiger partial charge is 0.233 e. The molecule has 116 valence electrons. The van der Waals surface area contributed by atoms with Crippen LogP contribution in [0.3, 0.4) is 0 Å². The Morgan fingerprint density at radius 2 is 2.10 bits per heavy atom. The zero-order valence-electron chi connectivity index (χ0n) is 11.7. The summed E-state index contributed by atoms with van der Waals surface area (Å²) < 4.78 is 26.4. The molecule has 0 saturated heterocycles. The molecule has 2 rings (SSSR count). The molecule has 2 atom stereocenters. The fourth-order valence-electron chi connectivity index (χ4n) is 2.50. The molecule has 0 heterocycles. The summed E-state index contributed by atoms with van der Waals surface area (Å²) in [5.41, 5.74) is 0.664. The molecular formula is C15H20ClNO3S. The van der Waals surface area contributed by atoms with E-state index in [0.29, 0.717) is 23.6 Å². The second kappa shape index (κ2) is 7.40. The molecule has 0 amide bonds. The zero-order valence-corrected chi connectivity index (χ0v) is 13.3. The highest BCUT2D eigenvalue weighted by atomic mass is 35.5. The van der Waals surface area contributed by atoms with Gasteiger partial charge in [-0.3, -0.25) is 0 Å². The summed E-state index contributed by atoms with van der Waals surface area (Å²) in [5.74, 6) is 0.206. The Labute approximate surface area is 130 Å². The molecular weight excluding hydrogens is 310 g/mol. The quantitative estimate of drug-likeness (QED) is 0.873. The number of hydrogen-bond donors (Lipinski definition) is 2. The zero-order chi connectivity index (χ0) is 15.3. The molecule has 1 fully saturated rings. The molecule has 2 unspecified atom stereocenters. The first-order valence-corrected chi connectivity index (χ1v) is 8.99. The lowest BCUT2D eigenvalue weighted by Gasteiger charge is -2.25. The van der Waals surface area contributed by atoms with Crippen molar-refractivity contribution in [2.24, 2.45) is 5.92 Å². The van der Waals surface area contributed by atoms with Gasteiger partial charge in [0, 0.05) is 17.0 Å².